The zero-order valence-electron chi connectivity index (χ0n) is 13.3. The fourth-order valence-corrected chi connectivity index (χ4v) is 3.13. The van der Waals surface area contributed by atoms with Crippen molar-refractivity contribution in [2.75, 3.05) is 20.3 Å². The maximum atomic E-state index is 13.6. The molecule has 0 aliphatic carbocycles. The molecule has 0 unspecified atom stereocenters. The predicted molar refractivity (Wildman–Crippen MR) is 95.6 cm³/mol. The van der Waals surface area contributed by atoms with Crippen LogP contribution >= 0.6 is 15.9 Å². The molecule has 0 saturated carbocycles. The van der Waals surface area contributed by atoms with Crippen LogP contribution in [0.15, 0.2) is 51.8 Å². The Morgan fingerprint density at radius 3 is 2.68 bits per heavy atom. The molecule has 0 amide bonds. The van der Waals surface area contributed by atoms with Gasteiger partial charge < -0.3 is 9.47 Å². The number of hydrogen-bond donors (Lipinski definition) is 1. The summed E-state index contributed by atoms with van der Waals surface area (Å²) in [6.45, 7) is 0.00711. The Kier molecular flexibility index (Phi) is 6.82. The van der Waals surface area contributed by atoms with Gasteiger partial charge in [0.1, 0.15) is 12.4 Å². The molecule has 1 N–H and O–H groups in total. The van der Waals surface area contributed by atoms with E-state index in [1.54, 1.807) is 12.1 Å². The van der Waals surface area contributed by atoms with E-state index in [9.17, 15) is 12.8 Å². The maximum absolute atomic E-state index is 13.6. The molecule has 2 aromatic carbocycles. The highest BCUT2D eigenvalue weighted by Crippen LogP contribution is 2.20. The van der Waals surface area contributed by atoms with Gasteiger partial charge in [-0.05, 0) is 36.4 Å². The highest BCUT2D eigenvalue weighted by molar-refractivity contribution is 9.10. The molecule has 2 rings (SSSR count). The van der Waals surface area contributed by atoms with E-state index < -0.39 is 15.8 Å². The average Bonchev–Trinajstić information content (AvgIpc) is 2.58. The van der Waals surface area contributed by atoms with E-state index in [0.717, 1.165) is 10.5 Å². The predicted octanol–water partition coefficient (Wildman–Crippen LogP) is 2.96. The quantitative estimate of drug-likeness (QED) is 0.719. The minimum absolute atomic E-state index is 0.0246. The molecular formula is C17H15BrFNO4S. The lowest BCUT2D eigenvalue weighted by Crippen LogP contribution is -2.24. The molecule has 2 aromatic rings. The minimum Gasteiger partial charge on any atom is -0.494 e. The summed E-state index contributed by atoms with van der Waals surface area (Å²) in [6, 6.07) is 10.7. The van der Waals surface area contributed by atoms with Crippen molar-refractivity contribution in [3.63, 3.8) is 0 Å². The van der Waals surface area contributed by atoms with E-state index >= 15 is 0 Å². The van der Waals surface area contributed by atoms with Crippen molar-refractivity contribution in [3.05, 3.63) is 52.8 Å². The summed E-state index contributed by atoms with van der Waals surface area (Å²) in [7, 11) is -2.55. The molecule has 8 heteroatoms. The van der Waals surface area contributed by atoms with Gasteiger partial charge in [0.2, 0.25) is 10.0 Å². The molecule has 0 heterocycles. The summed E-state index contributed by atoms with van der Waals surface area (Å²) in [5.74, 6) is 5.21. The van der Waals surface area contributed by atoms with Gasteiger partial charge in [-0.15, -0.1) is 0 Å². The molecule has 132 valence electrons. The fraction of sp³-hybridized carbons (Fsp3) is 0.176. The van der Waals surface area contributed by atoms with E-state index in [1.807, 2.05) is 12.1 Å². The maximum Gasteiger partial charge on any atom is 0.241 e. The second-order valence-corrected chi connectivity index (χ2v) is 7.40. The second-order valence-electron chi connectivity index (χ2n) is 4.72. The van der Waals surface area contributed by atoms with Crippen LogP contribution in [0.4, 0.5) is 4.39 Å². The molecule has 5 nitrogen and oxygen atoms in total. The van der Waals surface area contributed by atoms with Gasteiger partial charge in [0.05, 0.1) is 18.6 Å². The highest BCUT2D eigenvalue weighted by Gasteiger charge is 2.15. The third-order valence-electron chi connectivity index (χ3n) is 3.02. The Morgan fingerprint density at radius 1 is 1.20 bits per heavy atom. The van der Waals surface area contributed by atoms with Crippen LogP contribution in [0.1, 0.15) is 0 Å². The van der Waals surface area contributed by atoms with E-state index in [0.29, 0.717) is 5.75 Å². The first-order chi connectivity index (χ1) is 11.9. The Morgan fingerprint density at radius 2 is 2.00 bits per heavy atom. The summed E-state index contributed by atoms with van der Waals surface area (Å²) in [5, 5.41) is 0. The number of hydrogen-bond acceptors (Lipinski definition) is 4. The van der Waals surface area contributed by atoms with Crippen LogP contribution < -0.4 is 14.2 Å². The highest BCUT2D eigenvalue weighted by atomic mass is 79.9. The van der Waals surface area contributed by atoms with Gasteiger partial charge in [-0.25, -0.2) is 12.8 Å². The molecule has 0 atom stereocenters. The third-order valence-corrected chi connectivity index (χ3v) is 4.91. The van der Waals surface area contributed by atoms with E-state index in [-0.39, 0.29) is 23.8 Å². The first-order valence-corrected chi connectivity index (χ1v) is 9.37. The number of sulfonamides is 1. The van der Waals surface area contributed by atoms with Crippen LogP contribution in [-0.2, 0) is 10.0 Å². The second kappa shape index (κ2) is 8.85. The number of benzene rings is 2. The first kappa shape index (κ1) is 19.2. The summed E-state index contributed by atoms with van der Waals surface area (Å²) in [4.78, 5) is -0.196. The number of methoxy groups -OCH3 is 1. The van der Waals surface area contributed by atoms with Crippen molar-refractivity contribution in [3.8, 4) is 23.3 Å². The third kappa shape index (κ3) is 5.74. The molecule has 0 radical (unpaired) electrons. The van der Waals surface area contributed by atoms with Crippen LogP contribution in [-0.4, -0.2) is 28.7 Å². The van der Waals surface area contributed by atoms with Gasteiger partial charge in [-0.1, -0.05) is 33.8 Å². The molecule has 0 spiro atoms. The zero-order chi connectivity index (χ0) is 18.3. The number of ether oxygens (including phenoxy) is 2. The van der Waals surface area contributed by atoms with Gasteiger partial charge in [0, 0.05) is 4.47 Å². The van der Waals surface area contributed by atoms with E-state index in [2.05, 4.69) is 32.5 Å². The summed E-state index contributed by atoms with van der Waals surface area (Å²) in [6.07, 6.45) is 0. The SMILES string of the molecule is COc1ccc(S(=O)(=O)NCC#CCOc2cccc(Br)c2)cc1F. The number of rotatable bonds is 6. The van der Waals surface area contributed by atoms with Crippen LogP contribution in [0, 0.1) is 17.7 Å². The van der Waals surface area contributed by atoms with Crippen molar-refractivity contribution >= 4 is 26.0 Å². The van der Waals surface area contributed by atoms with Gasteiger partial charge in [-0.2, -0.15) is 4.72 Å². The van der Waals surface area contributed by atoms with Crippen LogP contribution in [0.25, 0.3) is 0 Å². The molecule has 0 aliphatic rings. The molecule has 0 fully saturated rings. The minimum atomic E-state index is -3.85. The van der Waals surface area contributed by atoms with Crippen molar-refractivity contribution in [1.82, 2.24) is 4.72 Å². The van der Waals surface area contributed by atoms with Crippen molar-refractivity contribution in [2.24, 2.45) is 0 Å². The summed E-state index contributed by atoms with van der Waals surface area (Å²) >= 11 is 3.33. The normalized spacial score (nSPS) is 10.7. The lowest BCUT2D eigenvalue weighted by Gasteiger charge is -2.06. The zero-order valence-corrected chi connectivity index (χ0v) is 15.7. The molecule has 0 saturated heterocycles. The largest absolute Gasteiger partial charge is 0.494 e. The Labute approximate surface area is 154 Å². The lowest BCUT2D eigenvalue weighted by molar-refractivity contribution is 0.370. The van der Waals surface area contributed by atoms with Crippen molar-refractivity contribution in [1.29, 1.82) is 0 Å². The monoisotopic (exact) mass is 427 g/mol. The summed E-state index contributed by atoms with van der Waals surface area (Å²) < 4.78 is 51.0. The summed E-state index contributed by atoms with van der Waals surface area (Å²) in [5.41, 5.74) is 0. The van der Waals surface area contributed by atoms with Gasteiger partial charge >= 0.3 is 0 Å². The van der Waals surface area contributed by atoms with Crippen molar-refractivity contribution in [2.45, 2.75) is 4.90 Å². The van der Waals surface area contributed by atoms with Crippen LogP contribution in [0.3, 0.4) is 0 Å². The lowest BCUT2D eigenvalue weighted by atomic mass is 10.3. The Bertz CT molecular complexity index is 906. The Balaban J connectivity index is 1.87. The fourth-order valence-electron chi connectivity index (χ4n) is 1.82. The number of halogens is 2. The Hall–Kier alpha value is -2.08. The molecule has 0 aromatic heterocycles. The standard InChI is InChI=1S/C17H15BrFNO4S/c1-23-17-8-7-15(12-16(17)19)25(21,22)20-9-2-3-10-24-14-6-4-5-13(18)11-14/h4-8,11-12,20H,9-10H2,1H3. The van der Waals surface area contributed by atoms with Crippen LogP contribution in [0.2, 0.25) is 0 Å². The molecule has 0 aliphatic heterocycles. The first-order valence-electron chi connectivity index (χ1n) is 7.09. The van der Waals surface area contributed by atoms with Gasteiger partial charge in [0.25, 0.3) is 0 Å². The van der Waals surface area contributed by atoms with E-state index in [1.165, 1.54) is 19.2 Å². The topological polar surface area (TPSA) is 64.6 Å². The van der Waals surface area contributed by atoms with E-state index in [4.69, 9.17) is 9.47 Å². The van der Waals surface area contributed by atoms with Gasteiger partial charge in [-0.3, -0.25) is 0 Å². The van der Waals surface area contributed by atoms with Crippen molar-refractivity contribution < 1.29 is 22.3 Å². The molecule has 25 heavy (non-hydrogen) atoms. The molecular weight excluding hydrogens is 413 g/mol. The van der Waals surface area contributed by atoms with Gasteiger partial charge in [0.15, 0.2) is 11.6 Å². The van der Waals surface area contributed by atoms with Crippen LogP contribution in [0.5, 0.6) is 11.5 Å². The average molecular weight is 428 g/mol. The number of nitrogens with one attached hydrogen (secondary N) is 1. The smallest absolute Gasteiger partial charge is 0.241 e. The molecule has 0 bridgehead atoms.